The minimum atomic E-state index is 0. The Bertz CT molecular complexity index is 4190. The highest BCUT2D eigenvalue weighted by Crippen LogP contribution is 2.26. The number of pyridine rings is 3. The highest BCUT2D eigenvalue weighted by atomic mass is 15.4. The van der Waals surface area contributed by atoms with Gasteiger partial charge >= 0.3 is 0 Å². The predicted molar refractivity (Wildman–Crippen MR) is 400 cm³/mol. The monoisotopic (exact) mass is 1300 g/mol. The number of aromatic amines is 3. The van der Waals surface area contributed by atoms with Gasteiger partial charge < -0.3 is 9.99 Å². The minimum absolute atomic E-state index is 0. The third-order valence-corrected chi connectivity index (χ3v) is 15.7. The molecule has 0 amide bonds. The number of benzene rings is 4. The van der Waals surface area contributed by atoms with Crippen LogP contribution in [0.1, 0.15) is 214 Å². The number of hydrazine groups is 1. The summed E-state index contributed by atoms with van der Waals surface area (Å²) < 4.78 is 2.04. The predicted octanol–water partition coefficient (Wildman–Crippen LogP) is 19.1. The van der Waals surface area contributed by atoms with E-state index < -0.39 is 0 Å². The zero-order valence-electron chi connectivity index (χ0n) is 59.0. The highest BCUT2D eigenvalue weighted by molar-refractivity contribution is 5.82. The molecule has 1 aliphatic heterocycles. The molecule has 0 aliphatic carbocycles. The second-order valence-electron chi connectivity index (χ2n) is 25.9. The molecule has 0 saturated heterocycles. The van der Waals surface area contributed by atoms with E-state index in [4.69, 9.17) is 0 Å². The molecule has 0 radical (unpaired) electrons. The lowest BCUT2D eigenvalue weighted by molar-refractivity contribution is 0.786. The molecule has 19 nitrogen and oxygen atoms in total. The van der Waals surface area contributed by atoms with E-state index in [1.165, 1.54) is 60.7 Å². The van der Waals surface area contributed by atoms with E-state index in [9.17, 15) is 0 Å². The SMILES string of the molecule is CC(C)c1ccc(-c2cn[nH]n2)nn1.CC(C)c1ccc2c(c1)CNN2.CC(C)c1ccc2c(c1)ncn2C.CC(C)c1ccc2cn[nH]c2c1.CC(C)c1ccc2cnccc2c1.CC(C)c1ccccn1.CC(C)c1cccnc1.CC(C)c1cnc(-c2cn[nH]n2)cn1.[HH].[HH].[HH].[HH]. The van der Waals surface area contributed by atoms with Crippen LogP contribution in [0.4, 0.5) is 5.69 Å². The van der Waals surface area contributed by atoms with E-state index in [1.807, 2.05) is 85.3 Å². The average Bonchev–Trinajstić information content (AvgIpc) is 1.68. The van der Waals surface area contributed by atoms with Gasteiger partial charge in [0, 0.05) is 72.9 Å². The first-order valence-corrected chi connectivity index (χ1v) is 33.1. The molecule has 5 N–H and O–H groups in total. The average molecular weight is 1300 g/mol. The van der Waals surface area contributed by atoms with Gasteiger partial charge in [-0.3, -0.25) is 30.0 Å². The van der Waals surface area contributed by atoms with Crippen molar-refractivity contribution >= 4 is 38.4 Å². The van der Waals surface area contributed by atoms with E-state index in [0.29, 0.717) is 58.7 Å². The first-order valence-electron chi connectivity index (χ1n) is 33.1. The maximum Gasteiger partial charge on any atom is 0.133 e. The van der Waals surface area contributed by atoms with E-state index in [2.05, 4.69) is 288 Å². The van der Waals surface area contributed by atoms with Crippen molar-refractivity contribution in [1.29, 1.82) is 0 Å². The quantitative estimate of drug-likeness (QED) is 0.0855. The van der Waals surface area contributed by atoms with Gasteiger partial charge in [-0.1, -0.05) is 171 Å². The summed E-state index contributed by atoms with van der Waals surface area (Å²) in [6.45, 7) is 35.5. The topological polar surface area (TPSA) is 244 Å². The van der Waals surface area contributed by atoms with Crippen molar-refractivity contribution in [3.8, 4) is 22.8 Å². The summed E-state index contributed by atoms with van der Waals surface area (Å²) >= 11 is 0. The maximum absolute atomic E-state index is 4.32. The van der Waals surface area contributed by atoms with Crippen LogP contribution >= 0.6 is 0 Å². The molecule has 1 aliphatic rings. The molecule has 13 aromatic rings. The van der Waals surface area contributed by atoms with Crippen molar-refractivity contribution in [2.24, 2.45) is 7.05 Å². The Morgan fingerprint density at radius 2 is 1.02 bits per heavy atom. The molecule has 96 heavy (non-hydrogen) atoms. The van der Waals surface area contributed by atoms with Gasteiger partial charge in [0.05, 0.1) is 64.7 Å². The number of fused-ring (bicyclic) bond motifs is 4. The molecule has 508 valence electrons. The lowest BCUT2D eigenvalue weighted by Crippen LogP contribution is -2.10. The van der Waals surface area contributed by atoms with Gasteiger partial charge in [-0.2, -0.15) is 41.0 Å². The van der Waals surface area contributed by atoms with E-state index >= 15 is 0 Å². The Labute approximate surface area is 572 Å². The Morgan fingerprint density at radius 1 is 0.396 bits per heavy atom. The van der Waals surface area contributed by atoms with Crippen molar-refractivity contribution in [3.63, 3.8) is 0 Å². The fourth-order valence-electron chi connectivity index (χ4n) is 9.40. The lowest BCUT2D eigenvalue weighted by atomic mass is 10.0. The van der Waals surface area contributed by atoms with Crippen LogP contribution in [0.25, 0.3) is 55.5 Å². The number of nitrogens with zero attached hydrogens (tertiary/aromatic N) is 14. The van der Waals surface area contributed by atoms with Gasteiger partial charge in [0.25, 0.3) is 0 Å². The van der Waals surface area contributed by atoms with Crippen molar-refractivity contribution in [3.05, 3.63) is 240 Å². The minimum Gasteiger partial charge on any atom is -0.334 e. The number of imidazole rings is 1. The Morgan fingerprint density at radius 3 is 1.58 bits per heavy atom. The Kier molecular flexibility index (Phi) is 28.2. The van der Waals surface area contributed by atoms with Crippen molar-refractivity contribution in [2.45, 2.75) is 165 Å². The van der Waals surface area contributed by atoms with Crippen LogP contribution in [0.2, 0.25) is 0 Å². The summed E-state index contributed by atoms with van der Waals surface area (Å²) in [7, 11) is 2.02. The molecule has 19 heteroatoms. The number of H-pyrrole nitrogens is 3. The van der Waals surface area contributed by atoms with Crippen LogP contribution in [0.3, 0.4) is 0 Å². The first-order chi connectivity index (χ1) is 46.1. The summed E-state index contributed by atoms with van der Waals surface area (Å²) in [5.41, 5.74) is 25.1. The molecule has 0 atom stereocenters. The van der Waals surface area contributed by atoms with Crippen LogP contribution in [-0.2, 0) is 13.6 Å². The van der Waals surface area contributed by atoms with E-state index in [0.717, 1.165) is 46.0 Å². The largest absolute Gasteiger partial charge is 0.334 e. The van der Waals surface area contributed by atoms with Gasteiger partial charge in [0.15, 0.2) is 0 Å². The molecule has 9 aromatic heterocycles. The number of hydrogen-bond donors (Lipinski definition) is 5. The lowest BCUT2D eigenvalue weighted by Gasteiger charge is -2.06. The summed E-state index contributed by atoms with van der Waals surface area (Å²) in [5.74, 6) is 4.31. The van der Waals surface area contributed by atoms with Gasteiger partial charge in [-0.25, -0.2) is 10.4 Å². The summed E-state index contributed by atoms with van der Waals surface area (Å²) in [4.78, 5) is 25.1. The Balaban J connectivity index is 0.000000297. The molecule has 0 unspecified atom stereocenters. The molecule has 0 fully saturated rings. The van der Waals surface area contributed by atoms with Crippen LogP contribution in [0.15, 0.2) is 190 Å². The molecule has 14 rings (SSSR count). The maximum atomic E-state index is 4.32. The van der Waals surface area contributed by atoms with Crippen LogP contribution in [-0.4, -0.2) is 85.7 Å². The number of aryl methyl sites for hydroxylation is 1. The second kappa shape index (κ2) is 37.0. The van der Waals surface area contributed by atoms with Gasteiger partial charge in [0.2, 0.25) is 0 Å². The van der Waals surface area contributed by atoms with Crippen molar-refractivity contribution < 1.29 is 5.71 Å². The summed E-state index contributed by atoms with van der Waals surface area (Å²) in [5, 5.41) is 39.1. The van der Waals surface area contributed by atoms with Crippen LogP contribution < -0.4 is 10.9 Å². The third-order valence-electron chi connectivity index (χ3n) is 15.7. The fourth-order valence-corrected chi connectivity index (χ4v) is 9.40. The number of hydrogen-bond acceptors (Lipinski definition) is 15. The molecule has 4 aromatic carbocycles. The van der Waals surface area contributed by atoms with Gasteiger partial charge in [-0.05, 0) is 147 Å². The smallest absolute Gasteiger partial charge is 0.133 e. The first kappa shape index (κ1) is 73.1. The molecule has 0 bridgehead atoms. The summed E-state index contributed by atoms with van der Waals surface area (Å²) in [6, 6.07) is 42.0. The number of anilines is 1. The number of rotatable bonds is 10. The Hall–Kier alpha value is -10.3. The molecule has 0 spiro atoms. The molecule has 10 heterocycles. The number of nitrogens with one attached hydrogen (secondary N) is 5. The standard InChI is InChI=1S/C12H13N.C11H14N2.C10H14N2.C10H12N2.2C9H11N5.2C8H11N.4H2/c1-9(2)10-3-4-12-8-13-6-5-11(12)7-10;1-8(2)9-4-5-11-10(6-9)12-7-13(11)3;1-7(2)8-3-4-10-9(5-8)6-11-12-10;1-7(2)8-3-4-9-6-11-12-10(9)5-8;1-6(2)7-3-11-8(4-10-7)9-5-12-14-13-9;1-6(2)7-3-4-8(12-11-7)9-5-10-14-13-9;1-7(2)8-4-3-5-9-6-8;1-7(2)8-5-3-4-6-9-8;;;;/h3-9H,1-2H3;4-8H,1-3H3;3-5,7,11-12H,6H2,1-2H3;3-7H,1-2H3,(H,11,12);3-6H,1-2H3,(H,12,13,14);3-6H,1-2H3,(H,10,13,14);2*3-7H,1-2H3;4*1H. The molecular weight excluding hydrogens is 1190 g/mol. The zero-order chi connectivity index (χ0) is 69.1. The molecular formula is C77H105N19. The van der Waals surface area contributed by atoms with Crippen molar-refractivity contribution in [2.75, 3.05) is 5.43 Å². The highest BCUT2D eigenvalue weighted by Gasteiger charge is 2.12. The van der Waals surface area contributed by atoms with E-state index in [1.54, 1.807) is 31.0 Å². The molecule has 0 saturated carbocycles. The van der Waals surface area contributed by atoms with Gasteiger partial charge in [0.1, 0.15) is 22.8 Å². The van der Waals surface area contributed by atoms with Crippen LogP contribution in [0.5, 0.6) is 0 Å². The van der Waals surface area contributed by atoms with E-state index in [-0.39, 0.29) is 5.71 Å². The van der Waals surface area contributed by atoms with Crippen LogP contribution in [0, 0.1) is 0 Å². The summed E-state index contributed by atoms with van der Waals surface area (Å²) in [6.07, 6.45) is 19.7. The second-order valence-corrected chi connectivity index (χ2v) is 25.9. The number of aromatic nitrogens is 17. The third kappa shape index (κ3) is 22.5. The van der Waals surface area contributed by atoms with Crippen molar-refractivity contribution in [1.82, 2.24) is 91.1 Å². The normalized spacial score (nSPS) is 11.3. The fraction of sp³-hybridized carbons (Fsp3) is 0.338. The van der Waals surface area contributed by atoms with Gasteiger partial charge in [-0.15, -0.1) is 5.10 Å². The zero-order valence-corrected chi connectivity index (χ0v) is 59.0.